The molecule has 2 aliphatic rings. The summed E-state index contributed by atoms with van der Waals surface area (Å²) >= 11 is 0. The number of carbonyl (C=O) groups is 1. The van der Waals surface area contributed by atoms with Crippen LogP contribution >= 0.6 is 0 Å². The van der Waals surface area contributed by atoms with Crippen LogP contribution in [-0.2, 0) is 13.0 Å². The van der Waals surface area contributed by atoms with Crippen LogP contribution < -0.4 is 0 Å². The third kappa shape index (κ3) is 4.55. The predicted molar refractivity (Wildman–Crippen MR) is 116 cm³/mol. The van der Waals surface area contributed by atoms with Crippen LogP contribution in [0.25, 0.3) is 0 Å². The van der Waals surface area contributed by atoms with Crippen LogP contribution in [-0.4, -0.2) is 58.2 Å². The van der Waals surface area contributed by atoms with E-state index >= 15 is 0 Å². The minimum atomic E-state index is 0.170. The van der Waals surface area contributed by atoms with Gasteiger partial charge >= 0.3 is 0 Å². The fraction of sp³-hybridized carbons (Fsp3) is 0.583. The van der Waals surface area contributed by atoms with Crippen LogP contribution in [0.5, 0.6) is 0 Å². The minimum absolute atomic E-state index is 0.170. The first-order valence-electron chi connectivity index (χ1n) is 11.2. The van der Waals surface area contributed by atoms with E-state index in [0.717, 1.165) is 63.2 Å². The van der Waals surface area contributed by atoms with Gasteiger partial charge in [0.15, 0.2) is 0 Å². The second-order valence-electron chi connectivity index (χ2n) is 8.98. The summed E-state index contributed by atoms with van der Waals surface area (Å²) in [6, 6.07) is 10.8. The maximum absolute atomic E-state index is 13.2. The Labute approximate surface area is 174 Å². The Morgan fingerprint density at radius 1 is 1.10 bits per heavy atom. The molecule has 29 heavy (non-hydrogen) atoms. The lowest BCUT2D eigenvalue weighted by atomic mass is 9.79. The number of amides is 1. The molecular weight excluding hydrogens is 360 g/mol. The zero-order valence-electron chi connectivity index (χ0n) is 17.9. The number of benzene rings is 1. The number of piperidine rings is 1. The van der Waals surface area contributed by atoms with Crippen molar-refractivity contribution in [3.63, 3.8) is 0 Å². The SMILES string of the molecule is CCCn1cc(C(=O)N2CC[C@]3(CCCN(CCc4ccccc4)C3)C2)c(C)n1. The maximum atomic E-state index is 13.2. The van der Waals surface area contributed by atoms with E-state index in [2.05, 4.69) is 52.2 Å². The lowest BCUT2D eigenvalue weighted by Crippen LogP contribution is -2.46. The van der Waals surface area contributed by atoms with Crippen molar-refractivity contribution in [1.82, 2.24) is 19.6 Å². The lowest BCUT2D eigenvalue weighted by Gasteiger charge is -2.40. The first kappa shape index (κ1) is 20.1. The molecule has 1 aromatic carbocycles. The van der Waals surface area contributed by atoms with Crippen LogP contribution in [0.1, 0.15) is 54.2 Å². The average molecular weight is 395 g/mol. The fourth-order valence-corrected chi connectivity index (χ4v) is 5.12. The monoisotopic (exact) mass is 394 g/mol. The molecule has 2 aromatic rings. The predicted octanol–water partition coefficient (Wildman–Crippen LogP) is 3.77. The molecule has 2 fully saturated rings. The van der Waals surface area contributed by atoms with Gasteiger partial charge in [-0.15, -0.1) is 0 Å². The Kier molecular flexibility index (Phi) is 6.04. The van der Waals surface area contributed by atoms with Crippen molar-refractivity contribution < 1.29 is 4.79 Å². The number of aromatic nitrogens is 2. The summed E-state index contributed by atoms with van der Waals surface area (Å²) in [4.78, 5) is 17.9. The Morgan fingerprint density at radius 2 is 1.93 bits per heavy atom. The molecule has 0 unspecified atom stereocenters. The highest BCUT2D eigenvalue weighted by atomic mass is 16.2. The van der Waals surface area contributed by atoms with E-state index in [1.165, 1.54) is 24.9 Å². The Balaban J connectivity index is 1.37. The van der Waals surface area contributed by atoms with Crippen molar-refractivity contribution in [3.05, 3.63) is 53.3 Å². The van der Waals surface area contributed by atoms with Crippen LogP contribution in [0.4, 0.5) is 0 Å². The van der Waals surface area contributed by atoms with Gasteiger partial charge in [0.2, 0.25) is 0 Å². The molecule has 156 valence electrons. The van der Waals surface area contributed by atoms with Crippen LogP contribution in [0.15, 0.2) is 36.5 Å². The van der Waals surface area contributed by atoms with Gasteiger partial charge in [0.25, 0.3) is 5.91 Å². The third-order valence-electron chi connectivity index (χ3n) is 6.66. The van der Waals surface area contributed by atoms with Crippen LogP contribution in [0.2, 0.25) is 0 Å². The van der Waals surface area contributed by atoms with Crippen molar-refractivity contribution in [2.75, 3.05) is 32.7 Å². The highest BCUT2D eigenvalue weighted by Crippen LogP contribution is 2.39. The molecule has 0 radical (unpaired) electrons. The van der Waals surface area contributed by atoms with Gasteiger partial charge in [-0.05, 0) is 51.1 Å². The van der Waals surface area contributed by atoms with E-state index < -0.39 is 0 Å². The second kappa shape index (κ2) is 8.70. The summed E-state index contributed by atoms with van der Waals surface area (Å²) in [5, 5.41) is 4.52. The van der Waals surface area contributed by atoms with E-state index in [-0.39, 0.29) is 11.3 Å². The van der Waals surface area contributed by atoms with Gasteiger partial charge in [-0.2, -0.15) is 5.10 Å². The molecule has 4 rings (SSSR count). The van der Waals surface area contributed by atoms with E-state index in [1.54, 1.807) is 0 Å². The highest BCUT2D eigenvalue weighted by molar-refractivity contribution is 5.95. The van der Waals surface area contributed by atoms with Gasteiger partial charge in [-0.25, -0.2) is 0 Å². The second-order valence-corrected chi connectivity index (χ2v) is 8.98. The van der Waals surface area contributed by atoms with Crippen molar-refractivity contribution in [2.24, 2.45) is 5.41 Å². The zero-order valence-corrected chi connectivity index (χ0v) is 17.9. The number of rotatable bonds is 6. The number of hydrogen-bond acceptors (Lipinski definition) is 3. The largest absolute Gasteiger partial charge is 0.338 e. The standard InChI is InChI=1S/C24H34N4O/c1-3-13-28-17-22(20(2)25-28)23(29)27-16-12-24(19-27)11-7-14-26(18-24)15-10-21-8-5-4-6-9-21/h4-6,8-9,17H,3,7,10-16,18-19H2,1-2H3/t24-/m0/s1. The number of carbonyl (C=O) groups excluding carboxylic acids is 1. The molecule has 2 aliphatic heterocycles. The molecule has 5 heteroatoms. The van der Waals surface area contributed by atoms with E-state index in [4.69, 9.17) is 0 Å². The molecule has 1 atom stereocenters. The zero-order chi connectivity index (χ0) is 20.3. The smallest absolute Gasteiger partial charge is 0.257 e. The van der Waals surface area contributed by atoms with Gasteiger partial charge in [-0.1, -0.05) is 37.3 Å². The number of hydrogen-bond donors (Lipinski definition) is 0. The van der Waals surface area contributed by atoms with E-state index in [0.29, 0.717) is 0 Å². The van der Waals surface area contributed by atoms with E-state index in [9.17, 15) is 4.79 Å². The Morgan fingerprint density at radius 3 is 2.72 bits per heavy atom. The summed E-state index contributed by atoms with van der Waals surface area (Å²) in [5.74, 6) is 0.170. The lowest BCUT2D eigenvalue weighted by molar-refractivity contribution is 0.0691. The van der Waals surface area contributed by atoms with Crippen molar-refractivity contribution in [3.8, 4) is 0 Å². The Hall–Kier alpha value is -2.14. The third-order valence-corrected chi connectivity index (χ3v) is 6.66. The summed E-state index contributed by atoms with van der Waals surface area (Å²) in [7, 11) is 0. The normalized spacial score (nSPS) is 22.5. The van der Waals surface area contributed by atoms with Gasteiger partial charge in [0, 0.05) is 44.3 Å². The number of aryl methyl sites for hydroxylation is 2. The molecule has 3 heterocycles. The molecule has 0 saturated carbocycles. The van der Waals surface area contributed by atoms with E-state index in [1.807, 2.05) is 17.8 Å². The molecular formula is C24H34N4O. The van der Waals surface area contributed by atoms with Crippen molar-refractivity contribution in [2.45, 2.75) is 52.5 Å². The molecule has 1 aromatic heterocycles. The van der Waals surface area contributed by atoms with Gasteiger partial charge in [-0.3, -0.25) is 9.48 Å². The topological polar surface area (TPSA) is 41.4 Å². The molecule has 0 N–H and O–H groups in total. The average Bonchev–Trinajstić information content (AvgIpc) is 3.30. The number of likely N-dealkylation sites (tertiary alicyclic amines) is 2. The van der Waals surface area contributed by atoms with Crippen molar-refractivity contribution >= 4 is 5.91 Å². The quantitative estimate of drug-likeness (QED) is 0.749. The summed E-state index contributed by atoms with van der Waals surface area (Å²) < 4.78 is 1.92. The minimum Gasteiger partial charge on any atom is -0.338 e. The van der Waals surface area contributed by atoms with Crippen LogP contribution in [0.3, 0.4) is 0 Å². The fourth-order valence-electron chi connectivity index (χ4n) is 5.12. The summed E-state index contributed by atoms with van der Waals surface area (Å²) in [6.07, 6.45) is 7.69. The van der Waals surface area contributed by atoms with Gasteiger partial charge in [0.1, 0.15) is 0 Å². The maximum Gasteiger partial charge on any atom is 0.257 e. The molecule has 5 nitrogen and oxygen atoms in total. The Bertz CT molecular complexity index is 831. The molecule has 1 amide bonds. The van der Waals surface area contributed by atoms with Crippen molar-refractivity contribution in [1.29, 1.82) is 0 Å². The molecule has 0 aliphatic carbocycles. The molecule has 2 saturated heterocycles. The van der Waals surface area contributed by atoms with Crippen LogP contribution in [0, 0.1) is 12.3 Å². The summed E-state index contributed by atoms with van der Waals surface area (Å²) in [6.45, 7) is 10.2. The highest BCUT2D eigenvalue weighted by Gasteiger charge is 2.43. The molecule has 0 bridgehead atoms. The van der Waals surface area contributed by atoms with Gasteiger partial charge in [0.05, 0.1) is 11.3 Å². The number of nitrogens with zero attached hydrogens (tertiary/aromatic N) is 4. The summed E-state index contributed by atoms with van der Waals surface area (Å²) in [5.41, 5.74) is 3.33. The van der Waals surface area contributed by atoms with Gasteiger partial charge < -0.3 is 9.80 Å². The molecule has 1 spiro atoms. The first-order chi connectivity index (χ1) is 14.1. The first-order valence-corrected chi connectivity index (χ1v) is 11.2.